The molecule has 0 N–H and O–H groups in total. The third-order valence-electron chi connectivity index (χ3n) is 8.78. The van der Waals surface area contributed by atoms with Gasteiger partial charge in [0.1, 0.15) is 11.2 Å². The van der Waals surface area contributed by atoms with Crippen LogP contribution in [0.5, 0.6) is 0 Å². The minimum Gasteiger partial charge on any atom is -0.335 e. The molecule has 6 heteroatoms. The zero-order valence-corrected chi connectivity index (χ0v) is 30.4. The molecule has 2 heterocycles. The van der Waals surface area contributed by atoms with Gasteiger partial charge in [-0.1, -0.05) is 85.6 Å². The second-order valence-electron chi connectivity index (χ2n) is 14.1. The predicted molar refractivity (Wildman–Crippen MR) is 198 cm³/mol. The highest BCUT2D eigenvalue weighted by Gasteiger charge is 2.29. The standard InChI is InChI=1S/C39H43Cl2N2S2/c1-7-42-32-20-30(40)12-14-34(32)44-36(42)18-28-16-26(22-38(3,4)24-28)10-9-11-27-17-29(25-39(5,6)23-27)19-37-43(8-2)33-21-31(41)13-15-35(33)45-37/h9,12-21H,7-8,10,22-25H2,1-6H3/q+1/b28-18?,37-19+. The van der Waals surface area contributed by atoms with Gasteiger partial charge in [-0.2, -0.15) is 4.57 Å². The molecule has 0 bridgehead atoms. The van der Waals surface area contributed by atoms with Crippen molar-refractivity contribution in [3.63, 3.8) is 0 Å². The van der Waals surface area contributed by atoms with Crippen LogP contribution < -0.4 is 9.47 Å². The average Bonchev–Trinajstić information content (AvgIpc) is 3.46. The van der Waals surface area contributed by atoms with Crippen molar-refractivity contribution in [2.75, 3.05) is 11.4 Å². The zero-order valence-electron chi connectivity index (χ0n) is 27.3. The predicted octanol–water partition coefficient (Wildman–Crippen LogP) is 12.3. The molecule has 0 radical (unpaired) electrons. The number of aromatic nitrogens is 1. The van der Waals surface area contributed by atoms with E-state index in [1.54, 1.807) is 0 Å². The van der Waals surface area contributed by atoms with Crippen LogP contribution in [0.15, 0.2) is 98.7 Å². The van der Waals surface area contributed by atoms with Gasteiger partial charge in [0.15, 0.2) is 0 Å². The molecular formula is C39H43Cl2N2S2+. The summed E-state index contributed by atoms with van der Waals surface area (Å²) < 4.78 is 3.67. The molecule has 0 amide bonds. The lowest BCUT2D eigenvalue weighted by Gasteiger charge is -2.31. The van der Waals surface area contributed by atoms with E-state index in [0.29, 0.717) is 0 Å². The van der Waals surface area contributed by atoms with Crippen LogP contribution in [0.1, 0.15) is 78.7 Å². The first-order valence-electron chi connectivity index (χ1n) is 16.0. The Morgan fingerprint density at radius 1 is 0.911 bits per heavy atom. The highest BCUT2D eigenvalue weighted by atomic mass is 35.5. The molecule has 2 aromatic carbocycles. The van der Waals surface area contributed by atoms with Crippen molar-refractivity contribution in [1.29, 1.82) is 0 Å². The van der Waals surface area contributed by atoms with Crippen molar-refractivity contribution >= 4 is 68.3 Å². The summed E-state index contributed by atoms with van der Waals surface area (Å²) in [6.07, 6.45) is 17.1. The van der Waals surface area contributed by atoms with Crippen LogP contribution in [-0.4, -0.2) is 6.54 Å². The maximum absolute atomic E-state index is 6.35. The number of nitrogens with zero attached hydrogens (tertiary/aromatic N) is 2. The van der Waals surface area contributed by atoms with Crippen molar-refractivity contribution in [3.05, 3.63) is 109 Å². The molecular weight excluding hydrogens is 631 g/mol. The quantitative estimate of drug-likeness (QED) is 0.190. The summed E-state index contributed by atoms with van der Waals surface area (Å²) in [4.78, 5) is 3.66. The van der Waals surface area contributed by atoms with Crippen LogP contribution in [0.2, 0.25) is 10.0 Å². The molecule has 6 rings (SSSR count). The molecule has 0 atom stereocenters. The molecule has 0 fully saturated rings. The number of allylic oxidation sites excluding steroid dienone is 7. The van der Waals surface area contributed by atoms with E-state index in [1.807, 2.05) is 35.2 Å². The summed E-state index contributed by atoms with van der Waals surface area (Å²) in [5.74, 6) is 0. The molecule has 1 aromatic heterocycles. The molecule has 0 spiro atoms. The van der Waals surface area contributed by atoms with E-state index >= 15 is 0 Å². The van der Waals surface area contributed by atoms with Gasteiger partial charge in [0.05, 0.1) is 10.7 Å². The SMILES string of the molecule is CCN1/C(=C\C2=CC(=C=CCC3=CC(=Cc4sc5ccc(Cl)cc5[n+]4CC)CC(C)(C)C3)CC(C)(C)C2)Sc2ccc(Cl)cc21. The summed E-state index contributed by atoms with van der Waals surface area (Å²) in [6.45, 7) is 15.8. The van der Waals surface area contributed by atoms with Gasteiger partial charge in [-0.05, 0) is 122 Å². The van der Waals surface area contributed by atoms with E-state index < -0.39 is 0 Å². The Bertz CT molecular complexity index is 1840. The number of hydrogen-bond acceptors (Lipinski definition) is 3. The Morgan fingerprint density at radius 2 is 1.67 bits per heavy atom. The maximum atomic E-state index is 6.35. The topological polar surface area (TPSA) is 7.12 Å². The van der Waals surface area contributed by atoms with Crippen molar-refractivity contribution in [2.45, 2.75) is 85.1 Å². The van der Waals surface area contributed by atoms with E-state index in [2.05, 4.69) is 111 Å². The molecule has 3 aromatic rings. The average molecular weight is 675 g/mol. The number of hydrogen-bond donors (Lipinski definition) is 0. The molecule has 3 aliphatic rings. The number of halogens is 2. The van der Waals surface area contributed by atoms with Gasteiger partial charge < -0.3 is 4.90 Å². The third kappa shape index (κ3) is 7.42. The highest BCUT2D eigenvalue weighted by Crippen LogP contribution is 2.48. The first-order chi connectivity index (χ1) is 21.4. The molecule has 2 nitrogen and oxygen atoms in total. The lowest BCUT2D eigenvalue weighted by molar-refractivity contribution is -0.665. The molecule has 234 valence electrons. The molecule has 2 aliphatic carbocycles. The number of anilines is 1. The third-order valence-corrected chi connectivity index (χ3v) is 11.5. The second-order valence-corrected chi connectivity index (χ2v) is 17.1. The largest absolute Gasteiger partial charge is 0.335 e. The number of fused-ring (bicyclic) bond motifs is 2. The maximum Gasteiger partial charge on any atom is 0.263 e. The van der Waals surface area contributed by atoms with Crippen LogP contribution in [0.3, 0.4) is 0 Å². The van der Waals surface area contributed by atoms with E-state index in [-0.39, 0.29) is 10.8 Å². The van der Waals surface area contributed by atoms with Crippen molar-refractivity contribution in [3.8, 4) is 0 Å². The van der Waals surface area contributed by atoms with Crippen molar-refractivity contribution in [2.24, 2.45) is 10.8 Å². The van der Waals surface area contributed by atoms with Crippen LogP contribution in [0.25, 0.3) is 16.3 Å². The van der Waals surface area contributed by atoms with Crippen molar-refractivity contribution < 1.29 is 4.57 Å². The van der Waals surface area contributed by atoms with Crippen LogP contribution in [0, 0.1) is 10.8 Å². The number of rotatable bonds is 6. The van der Waals surface area contributed by atoms with E-state index in [1.165, 1.54) is 53.1 Å². The second kappa shape index (κ2) is 13.0. The fourth-order valence-corrected chi connectivity index (χ4v) is 9.80. The monoisotopic (exact) mass is 673 g/mol. The lowest BCUT2D eigenvalue weighted by Crippen LogP contribution is -2.33. The fraction of sp³-hybridized carbons (Fsp3) is 0.385. The van der Waals surface area contributed by atoms with Gasteiger partial charge >= 0.3 is 0 Å². The Kier molecular flexibility index (Phi) is 9.36. The van der Waals surface area contributed by atoms with E-state index in [9.17, 15) is 0 Å². The molecule has 45 heavy (non-hydrogen) atoms. The fourth-order valence-electron chi connectivity index (χ4n) is 7.11. The minimum atomic E-state index is 0.193. The van der Waals surface area contributed by atoms with Crippen LogP contribution >= 0.6 is 46.3 Å². The van der Waals surface area contributed by atoms with E-state index in [4.69, 9.17) is 23.2 Å². The Hall–Kier alpha value is -2.46. The Morgan fingerprint density at radius 3 is 2.44 bits per heavy atom. The van der Waals surface area contributed by atoms with Crippen molar-refractivity contribution in [1.82, 2.24) is 0 Å². The first-order valence-corrected chi connectivity index (χ1v) is 18.4. The molecule has 0 unspecified atom stereocenters. The van der Waals surface area contributed by atoms with Gasteiger partial charge in [-0.15, -0.1) is 5.73 Å². The summed E-state index contributed by atoms with van der Waals surface area (Å²) in [6, 6.07) is 12.4. The van der Waals surface area contributed by atoms with Gasteiger partial charge in [-0.25, -0.2) is 0 Å². The van der Waals surface area contributed by atoms with Gasteiger partial charge in [0.2, 0.25) is 5.52 Å². The number of thioether (sulfide) groups is 1. The Balaban J connectivity index is 1.26. The van der Waals surface area contributed by atoms with Gasteiger partial charge in [0, 0.05) is 33.6 Å². The number of aryl methyl sites for hydroxylation is 1. The van der Waals surface area contributed by atoms with E-state index in [0.717, 1.165) is 55.2 Å². The smallest absolute Gasteiger partial charge is 0.263 e. The normalized spacial score (nSPS) is 20.8. The van der Waals surface area contributed by atoms with Crippen LogP contribution in [0.4, 0.5) is 5.69 Å². The lowest BCUT2D eigenvalue weighted by atomic mass is 9.74. The molecule has 0 saturated carbocycles. The first kappa shape index (κ1) is 32.5. The van der Waals surface area contributed by atoms with Gasteiger partial charge in [0.25, 0.3) is 5.01 Å². The summed E-state index contributed by atoms with van der Waals surface area (Å²) in [5.41, 5.74) is 12.2. The zero-order chi connectivity index (χ0) is 31.9. The number of thiazole rings is 1. The van der Waals surface area contributed by atoms with Gasteiger partial charge in [-0.3, -0.25) is 0 Å². The summed E-state index contributed by atoms with van der Waals surface area (Å²) in [5, 5.41) is 4.15. The minimum absolute atomic E-state index is 0.193. The highest BCUT2D eigenvalue weighted by molar-refractivity contribution is 8.03. The number of benzene rings is 2. The molecule has 0 saturated heterocycles. The van der Waals surface area contributed by atoms with Crippen LogP contribution in [-0.2, 0) is 6.54 Å². The Labute approximate surface area is 287 Å². The molecule has 1 aliphatic heterocycles. The summed E-state index contributed by atoms with van der Waals surface area (Å²) >= 11 is 16.4. The summed E-state index contributed by atoms with van der Waals surface area (Å²) in [7, 11) is 0.